The number of nitrogens with zero attached hydrogens (tertiary/aromatic N) is 2. The van der Waals surface area contributed by atoms with Crippen LogP contribution >= 0.6 is 0 Å². The fourth-order valence-corrected chi connectivity index (χ4v) is 2.16. The van der Waals surface area contributed by atoms with Crippen LogP contribution in [0.5, 0.6) is 0 Å². The van der Waals surface area contributed by atoms with Gasteiger partial charge in [-0.3, -0.25) is 4.79 Å². The van der Waals surface area contributed by atoms with Crippen LogP contribution in [0.2, 0.25) is 0 Å². The Balaban J connectivity index is 2.35. The van der Waals surface area contributed by atoms with Gasteiger partial charge in [0.1, 0.15) is 0 Å². The Hall–Kier alpha value is -0.650. The zero-order valence-corrected chi connectivity index (χ0v) is 11.4. The largest absolute Gasteiger partial charge is 0.378 e. The van der Waals surface area contributed by atoms with Crippen LogP contribution in [0, 0.1) is 0 Å². The molecule has 100 valence electrons. The fourth-order valence-electron chi connectivity index (χ4n) is 2.16. The average Bonchev–Trinajstić information content (AvgIpc) is 2.28. The molecule has 17 heavy (non-hydrogen) atoms. The van der Waals surface area contributed by atoms with Crippen molar-refractivity contribution in [1.82, 2.24) is 15.1 Å². The predicted molar refractivity (Wildman–Crippen MR) is 68.0 cm³/mol. The number of rotatable bonds is 5. The topological polar surface area (TPSA) is 44.8 Å². The summed E-state index contributed by atoms with van der Waals surface area (Å²) in [7, 11) is 4.07. The first-order valence-electron chi connectivity index (χ1n) is 6.28. The van der Waals surface area contributed by atoms with Gasteiger partial charge in [0.25, 0.3) is 0 Å². The molecule has 1 rings (SSSR count). The van der Waals surface area contributed by atoms with Crippen molar-refractivity contribution in [1.29, 1.82) is 0 Å². The van der Waals surface area contributed by atoms with Gasteiger partial charge in [0, 0.05) is 25.7 Å². The second kappa shape index (κ2) is 6.93. The second-order valence-electron chi connectivity index (χ2n) is 4.99. The summed E-state index contributed by atoms with van der Waals surface area (Å²) in [6.45, 7) is 7.71. The number of amides is 1. The molecule has 0 radical (unpaired) electrons. The van der Waals surface area contributed by atoms with Crippen molar-refractivity contribution in [2.45, 2.75) is 25.9 Å². The van der Waals surface area contributed by atoms with E-state index in [9.17, 15) is 4.79 Å². The van der Waals surface area contributed by atoms with Crippen LogP contribution in [0.3, 0.4) is 0 Å². The second-order valence-corrected chi connectivity index (χ2v) is 4.99. The lowest BCUT2D eigenvalue weighted by Crippen LogP contribution is -2.52. The molecule has 1 N–H and O–H groups in total. The quantitative estimate of drug-likeness (QED) is 0.725. The third-order valence-corrected chi connectivity index (χ3v) is 2.87. The third-order valence-electron chi connectivity index (χ3n) is 2.87. The van der Waals surface area contributed by atoms with Gasteiger partial charge in [0.15, 0.2) is 0 Å². The highest BCUT2D eigenvalue weighted by atomic mass is 16.5. The van der Waals surface area contributed by atoms with E-state index < -0.39 is 0 Å². The number of carbonyl (C=O) groups is 1. The molecule has 5 heteroatoms. The molecule has 0 spiro atoms. The van der Waals surface area contributed by atoms with Crippen LogP contribution in [-0.4, -0.2) is 74.7 Å². The van der Waals surface area contributed by atoms with E-state index in [-0.39, 0.29) is 11.9 Å². The Morgan fingerprint density at radius 2 is 1.94 bits per heavy atom. The number of hydrogen-bond donors (Lipinski definition) is 1. The normalized spacial score (nSPS) is 20.4. The molecule has 1 aliphatic rings. The Kier molecular flexibility index (Phi) is 5.88. The Bertz CT molecular complexity index is 240. The van der Waals surface area contributed by atoms with Crippen molar-refractivity contribution >= 4 is 5.91 Å². The Labute approximate surface area is 104 Å². The maximum absolute atomic E-state index is 12.1. The lowest BCUT2D eigenvalue weighted by atomic mass is 10.2. The van der Waals surface area contributed by atoms with Crippen molar-refractivity contribution in [2.75, 3.05) is 46.9 Å². The first kappa shape index (κ1) is 14.4. The van der Waals surface area contributed by atoms with Gasteiger partial charge in [-0.25, -0.2) is 0 Å². The van der Waals surface area contributed by atoms with E-state index in [1.54, 1.807) is 0 Å². The van der Waals surface area contributed by atoms with Crippen LogP contribution in [0.25, 0.3) is 0 Å². The third kappa shape index (κ3) is 5.02. The van der Waals surface area contributed by atoms with Gasteiger partial charge >= 0.3 is 0 Å². The molecule has 1 aliphatic heterocycles. The van der Waals surface area contributed by atoms with Crippen LogP contribution in [-0.2, 0) is 9.53 Å². The molecule has 0 bridgehead atoms. The first-order valence-corrected chi connectivity index (χ1v) is 6.28. The van der Waals surface area contributed by atoms with E-state index in [0.29, 0.717) is 32.3 Å². The molecule has 0 aromatic rings. The van der Waals surface area contributed by atoms with Crippen molar-refractivity contribution in [2.24, 2.45) is 0 Å². The summed E-state index contributed by atoms with van der Waals surface area (Å²) in [6, 6.07) is 0.188. The number of hydrogen-bond acceptors (Lipinski definition) is 4. The van der Waals surface area contributed by atoms with Gasteiger partial charge in [0.2, 0.25) is 5.91 Å². The van der Waals surface area contributed by atoms with Crippen molar-refractivity contribution < 1.29 is 9.53 Å². The molecule has 2 unspecified atom stereocenters. The minimum Gasteiger partial charge on any atom is -0.378 e. The summed E-state index contributed by atoms with van der Waals surface area (Å²) in [4.78, 5) is 16.1. The van der Waals surface area contributed by atoms with Gasteiger partial charge in [-0.15, -0.1) is 0 Å². The molecule has 1 amide bonds. The summed E-state index contributed by atoms with van der Waals surface area (Å²) in [5.41, 5.74) is 0. The summed E-state index contributed by atoms with van der Waals surface area (Å²) < 4.78 is 5.24. The smallest absolute Gasteiger partial charge is 0.239 e. The minimum absolute atomic E-state index is 0.122. The molecule has 0 aromatic heterocycles. The predicted octanol–water partition coefficient (Wildman–Crippen LogP) is -0.227. The van der Waals surface area contributed by atoms with E-state index in [1.807, 2.05) is 25.9 Å². The van der Waals surface area contributed by atoms with E-state index in [0.717, 1.165) is 6.54 Å². The van der Waals surface area contributed by atoms with E-state index in [1.165, 1.54) is 0 Å². The summed E-state index contributed by atoms with van der Waals surface area (Å²) in [5.74, 6) is 0.180. The summed E-state index contributed by atoms with van der Waals surface area (Å²) in [6.07, 6.45) is 0. The van der Waals surface area contributed by atoms with E-state index in [2.05, 4.69) is 17.1 Å². The van der Waals surface area contributed by atoms with Gasteiger partial charge in [-0.1, -0.05) is 0 Å². The van der Waals surface area contributed by atoms with Gasteiger partial charge in [-0.05, 0) is 27.9 Å². The lowest BCUT2D eigenvalue weighted by Gasteiger charge is -2.31. The lowest BCUT2D eigenvalue weighted by molar-refractivity contribution is -0.137. The van der Waals surface area contributed by atoms with Gasteiger partial charge in [-0.2, -0.15) is 0 Å². The molecule has 2 atom stereocenters. The molecule has 1 heterocycles. The number of likely N-dealkylation sites (N-methyl/N-ethyl adjacent to an activating group) is 1. The maximum atomic E-state index is 12.1. The number of carbonyl (C=O) groups excluding carboxylic acids is 1. The highest BCUT2D eigenvalue weighted by Crippen LogP contribution is 2.01. The number of ether oxygens (including phenoxy) is 1. The molecule has 1 fully saturated rings. The zero-order chi connectivity index (χ0) is 12.8. The zero-order valence-electron chi connectivity index (χ0n) is 11.4. The van der Waals surface area contributed by atoms with E-state index >= 15 is 0 Å². The number of nitrogens with one attached hydrogen (secondary N) is 1. The van der Waals surface area contributed by atoms with E-state index in [4.69, 9.17) is 4.74 Å². The van der Waals surface area contributed by atoms with Gasteiger partial charge in [0.05, 0.1) is 19.3 Å². The molecule has 5 nitrogen and oxygen atoms in total. The molecular weight excluding hydrogens is 218 g/mol. The maximum Gasteiger partial charge on any atom is 0.239 e. The highest BCUT2D eigenvalue weighted by molar-refractivity contribution is 5.81. The molecule has 0 saturated carbocycles. The Morgan fingerprint density at radius 3 is 2.47 bits per heavy atom. The molecule has 0 aromatic carbocycles. The molecule has 0 aliphatic carbocycles. The summed E-state index contributed by atoms with van der Waals surface area (Å²) in [5, 5.41) is 3.33. The van der Waals surface area contributed by atoms with Crippen LogP contribution < -0.4 is 5.32 Å². The fraction of sp³-hybridized carbons (Fsp3) is 0.917. The van der Waals surface area contributed by atoms with Crippen LogP contribution in [0.15, 0.2) is 0 Å². The minimum atomic E-state index is -0.122. The Morgan fingerprint density at radius 1 is 1.35 bits per heavy atom. The molecular formula is C12H25N3O2. The summed E-state index contributed by atoms with van der Waals surface area (Å²) >= 11 is 0. The van der Waals surface area contributed by atoms with Crippen molar-refractivity contribution in [3.8, 4) is 0 Å². The average molecular weight is 243 g/mol. The first-order chi connectivity index (χ1) is 8.00. The van der Waals surface area contributed by atoms with Crippen molar-refractivity contribution in [3.63, 3.8) is 0 Å². The van der Waals surface area contributed by atoms with Gasteiger partial charge < -0.3 is 19.9 Å². The standard InChI is InChI=1S/C12H25N3O2/c1-10(9-14(3)4)13-11(2)12(16)15-5-7-17-8-6-15/h10-11,13H,5-9H2,1-4H3. The molecule has 1 saturated heterocycles. The monoisotopic (exact) mass is 243 g/mol. The number of morpholine rings is 1. The van der Waals surface area contributed by atoms with Crippen molar-refractivity contribution in [3.05, 3.63) is 0 Å². The SMILES string of the molecule is CC(CN(C)C)NC(C)C(=O)N1CCOCC1. The van der Waals surface area contributed by atoms with Crippen LogP contribution in [0.4, 0.5) is 0 Å². The van der Waals surface area contributed by atoms with Crippen LogP contribution in [0.1, 0.15) is 13.8 Å². The highest BCUT2D eigenvalue weighted by Gasteiger charge is 2.23.